The Bertz CT molecular complexity index is 748. The first-order chi connectivity index (χ1) is 10.0. The number of rotatable bonds is 5. The highest BCUT2D eigenvalue weighted by molar-refractivity contribution is 14.1. The number of nitro groups is 1. The molecule has 0 radical (unpaired) electrons. The molecule has 0 aliphatic rings. The van der Waals surface area contributed by atoms with E-state index < -0.39 is 4.92 Å². The van der Waals surface area contributed by atoms with Crippen molar-refractivity contribution in [3.05, 3.63) is 55.0 Å². The van der Waals surface area contributed by atoms with Crippen molar-refractivity contribution >= 4 is 34.6 Å². The molecule has 8 heteroatoms. The number of aldehydes is 1. The molecule has 1 heterocycles. The number of halogens is 1. The van der Waals surface area contributed by atoms with Crippen LogP contribution in [0.3, 0.4) is 0 Å². The van der Waals surface area contributed by atoms with Crippen LogP contribution in [0, 0.1) is 25.0 Å². The van der Waals surface area contributed by atoms with Crippen molar-refractivity contribution in [1.82, 2.24) is 0 Å². The lowest BCUT2D eigenvalue weighted by Crippen LogP contribution is -2.01. The van der Waals surface area contributed by atoms with E-state index in [1.807, 2.05) is 28.7 Å². The van der Waals surface area contributed by atoms with Gasteiger partial charge in [0.1, 0.15) is 12.4 Å². The second kappa shape index (κ2) is 6.36. The number of carbonyl (C=O) groups excluding carboxylic acids is 1. The Kier molecular flexibility index (Phi) is 4.54. The van der Waals surface area contributed by atoms with Gasteiger partial charge in [-0.25, -0.2) is 0 Å². The van der Waals surface area contributed by atoms with Gasteiger partial charge in [0, 0.05) is 6.07 Å². The standard InChI is InChI=1S/C13H7IN2O5/c14-11-3-8(5-15)4-12(16(18)19)13(11)20-7-10-2-1-9(6-17)21-10/h1-4,6H,7H2. The zero-order chi connectivity index (χ0) is 15.4. The number of furan rings is 1. The first-order valence-electron chi connectivity index (χ1n) is 5.60. The van der Waals surface area contributed by atoms with Crippen LogP contribution in [0.25, 0.3) is 0 Å². The first kappa shape index (κ1) is 15.0. The summed E-state index contributed by atoms with van der Waals surface area (Å²) in [5.74, 6) is 0.577. The summed E-state index contributed by atoms with van der Waals surface area (Å²) in [6.45, 7) is -0.0589. The zero-order valence-electron chi connectivity index (χ0n) is 10.4. The van der Waals surface area contributed by atoms with Crippen LogP contribution in [0.15, 0.2) is 28.7 Å². The lowest BCUT2D eigenvalue weighted by Gasteiger charge is -2.07. The molecule has 0 amide bonds. The van der Waals surface area contributed by atoms with Crippen LogP contribution in [0.5, 0.6) is 5.75 Å². The molecule has 0 saturated heterocycles. The molecule has 1 aromatic carbocycles. The predicted molar refractivity (Wildman–Crippen MR) is 79.0 cm³/mol. The quantitative estimate of drug-likeness (QED) is 0.332. The predicted octanol–water partition coefficient (Wildman–Crippen LogP) is 3.06. The van der Waals surface area contributed by atoms with Crippen LogP contribution in [-0.4, -0.2) is 11.2 Å². The number of carbonyl (C=O) groups is 1. The lowest BCUT2D eigenvalue weighted by atomic mass is 10.2. The molecule has 0 unspecified atom stereocenters. The highest BCUT2D eigenvalue weighted by atomic mass is 127. The molecule has 2 rings (SSSR count). The van der Waals surface area contributed by atoms with Gasteiger partial charge in [0.05, 0.1) is 20.1 Å². The summed E-state index contributed by atoms with van der Waals surface area (Å²) in [5.41, 5.74) is -0.111. The normalized spacial score (nSPS) is 9.90. The minimum absolute atomic E-state index is 0.0589. The molecule has 0 spiro atoms. The molecule has 0 atom stereocenters. The van der Waals surface area contributed by atoms with Crippen molar-refractivity contribution < 1.29 is 18.9 Å². The van der Waals surface area contributed by atoms with E-state index in [1.165, 1.54) is 12.1 Å². The van der Waals surface area contributed by atoms with Crippen molar-refractivity contribution in [2.24, 2.45) is 0 Å². The zero-order valence-corrected chi connectivity index (χ0v) is 12.6. The average molecular weight is 398 g/mol. The van der Waals surface area contributed by atoms with Crippen molar-refractivity contribution in [2.75, 3.05) is 0 Å². The summed E-state index contributed by atoms with van der Waals surface area (Å²) in [6.07, 6.45) is 0.553. The molecule has 0 aliphatic heterocycles. The fraction of sp³-hybridized carbons (Fsp3) is 0.0769. The van der Waals surface area contributed by atoms with Crippen molar-refractivity contribution in [3.8, 4) is 11.8 Å². The van der Waals surface area contributed by atoms with Gasteiger partial charge >= 0.3 is 5.69 Å². The number of ether oxygens (including phenoxy) is 1. The Morgan fingerprint density at radius 2 is 2.24 bits per heavy atom. The van der Waals surface area contributed by atoms with E-state index in [0.29, 0.717) is 15.6 Å². The van der Waals surface area contributed by atoms with Gasteiger partial charge in [-0.1, -0.05) is 0 Å². The highest BCUT2D eigenvalue weighted by Crippen LogP contribution is 2.34. The molecular weight excluding hydrogens is 391 g/mol. The molecular formula is C13H7IN2O5. The largest absolute Gasteiger partial charge is 0.478 e. The van der Waals surface area contributed by atoms with Gasteiger partial charge in [-0.05, 0) is 40.8 Å². The fourth-order valence-corrected chi connectivity index (χ4v) is 2.37. The summed E-state index contributed by atoms with van der Waals surface area (Å²) in [7, 11) is 0. The number of hydrogen-bond acceptors (Lipinski definition) is 6. The third kappa shape index (κ3) is 3.38. The van der Waals surface area contributed by atoms with Crippen molar-refractivity contribution in [2.45, 2.75) is 6.61 Å². The first-order valence-corrected chi connectivity index (χ1v) is 6.67. The third-order valence-corrected chi connectivity index (χ3v) is 3.31. The minimum atomic E-state index is -0.614. The Morgan fingerprint density at radius 3 is 2.81 bits per heavy atom. The fourth-order valence-electron chi connectivity index (χ4n) is 1.60. The molecule has 0 bridgehead atoms. The number of benzene rings is 1. The van der Waals surface area contributed by atoms with Crippen molar-refractivity contribution in [1.29, 1.82) is 5.26 Å². The van der Waals surface area contributed by atoms with Gasteiger partial charge in [-0.15, -0.1) is 0 Å². The Hall–Kier alpha value is -2.41. The maximum absolute atomic E-state index is 11.0. The monoisotopic (exact) mass is 398 g/mol. The van der Waals surface area contributed by atoms with Gasteiger partial charge in [-0.3, -0.25) is 14.9 Å². The maximum atomic E-state index is 11.0. The molecule has 7 nitrogen and oxygen atoms in total. The second-order valence-electron chi connectivity index (χ2n) is 3.89. The van der Waals surface area contributed by atoms with Crippen LogP contribution in [0.1, 0.15) is 21.9 Å². The van der Waals surface area contributed by atoms with Crippen LogP contribution in [0.2, 0.25) is 0 Å². The molecule has 1 aromatic heterocycles. The smallest absolute Gasteiger partial charge is 0.313 e. The van der Waals surface area contributed by atoms with Gasteiger partial charge in [0.25, 0.3) is 0 Å². The highest BCUT2D eigenvalue weighted by Gasteiger charge is 2.21. The Labute approximate surface area is 132 Å². The average Bonchev–Trinajstić information content (AvgIpc) is 2.93. The molecule has 0 aliphatic carbocycles. The topological polar surface area (TPSA) is 106 Å². The van der Waals surface area contributed by atoms with E-state index in [0.717, 1.165) is 6.07 Å². The van der Waals surface area contributed by atoms with Crippen LogP contribution < -0.4 is 4.74 Å². The number of nitro benzene ring substituents is 1. The second-order valence-corrected chi connectivity index (χ2v) is 5.05. The Morgan fingerprint density at radius 1 is 1.48 bits per heavy atom. The third-order valence-electron chi connectivity index (χ3n) is 2.51. The van der Waals surface area contributed by atoms with Gasteiger partial charge in [-0.2, -0.15) is 5.26 Å². The lowest BCUT2D eigenvalue weighted by molar-refractivity contribution is -0.386. The summed E-state index contributed by atoms with van der Waals surface area (Å²) in [5, 5.41) is 19.9. The molecule has 0 fully saturated rings. The number of hydrogen-bond donors (Lipinski definition) is 0. The molecule has 106 valence electrons. The molecule has 21 heavy (non-hydrogen) atoms. The van der Waals surface area contributed by atoms with E-state index in [4.69, 9.17) is 14.4 Å². The molecule has 0 N–H and O–H groups in total. The summed E-state index contributed by atoms with van der Waals surface area (Å²) < 4.78 is 11.0. The summed E-state index contributed by atoms with van der Waals surface area (Å²) >= 11 is 1.86. The van der Waals surface area contributed by atoms with E-state index in [1.54, 1.807) is 6.07 Å². The van der Waals surface area contributed by atoms with Crippen LogP contribution >= 0.6 is 22.6 Å². The molecule has 2 aromatic rings. The van der Waals surface area contributed by atoms with Gasteiger partial charge < -0.3 is 9.15 Å². The van der Waals surface area contributed by atoms with E-state index in [2.05, 4.69) is 0 Å². The SMILES string of the molecule is N#Cc1cc(I)c(OCc2ccc(C=O)o2)c([N+](=O)[O-])c1. The summed E-state index contributed by atoms with van der Waals surface area (Å²) in [6, 6.07) is 7.51. The minimum Gasteiger partial charge on any atom is -0.478 e. The van der Waals surface area contributed by atoms with E-state index in [9.17, 15) is 14.9 Å². The summed E-state index contributed by atoms with van der Waals surface area (Å²) in [4.78, 5) is 20.9. The van der Waals surface area contributed by atoms with Crippen LogP contribution in [0.4, 0.5) is 5.69 Å². The van der Waals surface area contributed by atoms with Gasteiger partial charge in [0.15, 0.2) is 12.0 Å². The van der Waals surface area contributed by atoms with Crippen molar-refractivity contribution in [3.63, 3.8) is 0 Å². The van der Waals surface area contributed by atoms with Gasteiger partial charge in [0.2, 0.25) is 5.75 Å². The number of nitriles is 1. The number of nitrogens with zero attached hydrogens (tertiary/aromatic N) is 2. The Balaban J connectivity index is 2.28. The van der Waals surface area contributed by atoms with Crippen LogP contribution in [-0.2, 0) is 6.61 Å². The molecule has 0 saturated carbocycles. The van der Waals surface area contributed by atoms with E-state index >= 15 is 0 Å². The van der Waals surface area contributed by atoms with E-state index in [-0.39, 0.29) is 29.4 Å². The maximum Gasteiger partial charge on any atom is 0.313 e.